The summed E-state index contributed by atoms with van der Waals surface area (Å²) < 4.78 is 0. The van der Waals surface area contributed by atoms with Gasteiger partial charge in [0.05, 0.1) is 0 Å². The van der Waals surface area contributed by atoms with E-state index in [1.807, 2.05) is 17.0 Å². The summed E-state index contributed by atoms with van der Waals surface area (Å²) in [6.45, 7) is 9.26. The molecule has 1 amide bonds. The zero-order valence-electron chi connectivity index (χ0n) is 13.6. The first kappa shape index (κ1) is 15.8. The van der Waals surface area contributed by atoms with E-state index in [4.69, 9.17) is 11.6 Å². The van der Waals surface area contributed by atoms with Crippen molar-refractivity contribution in [3.8, 4) is 0 Å². The van der Waals surface area contributed by atoms with Crippen LogP contribution in [0.4, 0.5) is 0 Å². The molecule has 2 aliphatic heterocycles. The van der Waals surface area contributed by atoms with Gasteiger partial charge in [-0.2, -0.15) is 0 Å². The Balaban J connectivity index is 1.80. The first-order valence-electron chi connectivity index (χ1n) is 7.87. The van der Waals surface area contributed by atoms with Crippen molar-refractivity contribution in [2.24, 2.45) is 0 Å². The van der Waals surface area contributed by atoms with Gasteiger partial charge in [-0.25, -0.2) is 0 Å². The van der Waals surface area contributed by atoms with Crippen LogP contribution in [0, 0.1) is 0 Å². The highest BCUT2D eigenvalue weighted by atomic mass is 35.5. The number of amides is 1. The van der Waals surface area contributed by atoms with Gasteiger partial charge in [-0.3, -0.25) is 9.69 Å². The van der Waals surface area contributed by atoms with E-state index in [2.05, 4.69) is 30.7 Å². The van der Waals surface area contributed by atoms with Gasteiger partial charge in [0.1, 0.15) is 0 Å². The molecule has 120 valence electrons. The molecule has 0 aliphatic carbocycles. The number of halogens is 1. The normalized spacial score (nSPS) is 25.8. The summed E-state index contributed by atoms with van der Waals surface area (Å²) in [5.41, 5.74) is 0.740. The van der Waals surface area contributed by atoms with Crippen molar-refractivity contribution in [1.29, 1.82) is 0 Å². The molecule has 2 aliphatic rings. The summed E-state index contributed by atoms with van der Waals surface area (Å²) in [5, 5.41) is 0.663. The minimum absolute atomic E-state index is 0.0201. The SMILES string of the molecule is CN1CCN2[C@@H](C1)CN(C(=O)c1ccc(Cl)cc1)CC2(C)C. The molecule has 1 atom stereocenters. The molecule has 1 aromatic carbocycles. The average Bonchev–Trinajstić information content (AvgIpc) is 2.46. The van der Waals surface area contributed by atoms with E-state index in [0.717, 1.165) is 38.3 Å². The Morgan fingerprint density at radius 2 is 1.86 bits per heavy atom. The van der Waals surface area contributed by atoms with Gasteiger partial charge in [0.2, 0.25) is 0 Å². The van der Waals surface area contributed by atoms with Crippen LogP contribution in [0.15, 0.2) is 24.3 Å². The first-order chi connectivity index (χ1) is 10.4. The van der Waals surface area contributed by atoms with Crippen LogP contribution in [0.25, 0.3) is 0 Å². The number of nitrogens with zero attached hydrogens (tertiary/aromatic N) is 3. The van der Waals surface area contributed by atoms with E-state index in [1.165, 1.54) is 0 Å². The molecule has 2 saturated heterocycles. The largest absolute Gasteiger partial charge is 0.335 e. The van der Waals surface area contributed by atoms with Crippen molar-refractivity contribution in [2.75, 3.05) is 39.8 Å². The number of benzene rings is 1. The fraction of sp³-hybridized carbons (Fsp3) is 0.588. The Morgan fingerprint density at radius 3 is 2.55 bits per heavy atom. The lowest BCUT2D eigenvalue weighted by atomic mass is 9.92. The third-order valence-electron chi connectivity index (χ3n) is 4.85. The van der Waals surface area contributed by atoms with Gasteiger partial charge in [0.25, 0.3) is 5.91 Å². The van der Waals surface area contributed by atoms with Crippen molar-refractivity contribution >= 4 is 17.5 Å². The van der Waals surface area contributed by atoms with Crippen LogP contribution >= 0.6 is 11.6 Å². The van der Waals surface area contributed by atoms with Crippen LogP contribution in [0.2, 0.25) is 5.02 Å². The molecule has 22 heavy (non-hydrogen) atoms. The second-order valence-corrected chi connectivity index (χ2v) is 7.55. The lowest BCUT2D eigenvalue weighted by Crippen LogP contribution is -2.69. The maximum absolute atomic E-state index is 12.8. The van der Waals surface area contributed by atoms with E-state index in [-0.39, 0.29) is 11.4 Å². The van der Waals surface area contributed by atoms with Crippen LogP contribution < -0.4 is 0 Å². The predicted octanol–water partition coefficient (Wildman–Crippen LogP) is 2.19. The zero-order valence-corrected chi connectivity index (χ0v) is 14.3. The van der Waals surface area contributed by atoms with Crippen LogP contribution in [-0.2, 0) is 0 Å². The van der Waals surface area contributed by atoms with E-state index in [1.54, 1.807) is 12.1 Å². The van der Waals surface area contributed by atoms with Crippen molar-refractivity contribution in [2.45, 2.75) is 25.4 Å². The predicted molar refractivity (Wildman–Crippen MR) is 89.4 cm³/mol. The Morgan fingerprint density at radius 1 is 1.18 bits per heavy atom. The third kappa shape index (κ3) is 3.00. The highest BCUT2D eigenvalue weighted by Crippen LogP contribution is 2.28. The van der Waals surface area contributed by atoms with Gasteiger partial charge >= 0.3 is 0 Å². The van der Waals surface area contributed by atoms with Crippen LogP contribution in [0.5, 0.6) is 0 Å². The van der Waals surface area contributed by atoms with Crippen LogP contribution in [0.1, 0.15) is 24.2 Å². The highest BCUT2D eigenvalue weighted by Gasteiger charge is 2.43. The van der Waals surface area contributed by atoms with Gasteiger partial charge in [0.15, 0.2) is 0 Å². The van der Waals surface area contributed by atoms with Crippen molar-refractivity contribution < 1.29 is 4.79 Å². The van der Waals surface area contributed by atoms with E-state index >= 15 is 0 Å². The molecule has 0 bridgehead atoms. The van der Waals surface area contributed by atoms with Gasteiger partial charge in [0, 0.05) is 54.9 Å². The number of rotatable bonds is 1. The van der Waals surface area contributed by atoms with Crippen LogP contribution in [0.3, 0.4) is 0 Å². The van der Waals surface area contributed by atoms with Gasteiger partial charge in [-0.15, -0.1) is 0 Å². The summed E-state index contributed by atoms with van der Waals surface area (Å²) >= 11 is 5.92. The zero-order chi connectivity index (χ0) is 15.9. The Bertz CT molecular complexity index is 558. The van der Waals surface area contributed by atoms with Gasteiger partial charge < -0.3 is 9.80 Å². The molecule has 2 heterocycles. The quantitative estimate of drug-likeness (QED) is 0.793. The summed E-state index contributed by atoms with van der Waals surface area (Å²) in [7, 11) is 2.16. The fourth-order valence-corrected chi connectivity index (χ4v) is 3.90. The van der Waals surface area contributed by atoms with Crippen molar-refractivity contribution in [3.63, 3.8) is 0 Å². The summed E-state index contributed by atoms with van der Waals surface area (Å²) in [6, 6.07) is 7.61. The molecule has 0 unspecified atom stereocenters. The number of hydrogen-bond acceptors (Lipinski definition) is 3. The van der Waals surface area contributed by atoms with E-state index in [0.29, 0.717) is 11.1 Å². The number of piperazine rings is 2. The topological polar surface area (TPSA) is 26.8 Å². The lowest BCUT2D eigenvalue weighted by molar-refractivity contribution is -0.0514. The molecule has 0 radical (unpaired) electrons. The lowest BCUT2D eigenvalue weighted by Gasteiger charge is -2.55. The second kappa shape index (κ2) is 5.84. The third-order valence-corrected chi connectivity index (χ3v) is 5.10. The molecular weight excluding hydrogens is 298 g/mol. The van der Waals surface area contributed by atoms with E-state index in [9.17, 15) is 4.79 Å². The standard InChI is InChI=1S/C17H24ClN3O/c1-17(2)12-20(11-15-10-19(3)8-9-21(15)17)16(22)13-4-6-14(18)7-5-13/h4-7,15H,8-12H2,1-3H3/t15-/m0/s1. The number of hydrogen-bond donors (Lipinski definition) is 0. The monoisotopic (exact) mass is 321 g/mol. The molecule has 1 aromatic rings. The molecule has 0 N–H and O–H groups in total. The highest BCUT2D eigenvalue weighted by molar-refractivity contribution is 6.30. The molecule has 4 nitrogen and oxygen atoms in total. The number of fused-ring (bicyclic) bond motifs is 1. The van der Waals surface area contributed by atoms with E-state index < -0.39 is 0 Å². The molecular formula is C17H24ClN3O. The summed E-state index contributed by atoms with van der Waals surface area (Å²) in [6.07, 6.45) is 0. The maximum Gasteiger partial charge on any atom is 0.253 e. The molecule has 0 spiro atoms. The number of likely N-dealkylation sites (N-methyl/N-ethyl adjacent to an activating group) is 1. The number of carbonyl (C=O) groups excluding carboxylic acids is 1. The Hall–Kier alpha value is -1.10. The minimum Gasteiger partial charge on any atom is -0.335 e. The molecule has 3 rings (SSSR count). The Kier molecular flexibility index (Phi) is 4.19. The second-order valence-electron chi connectivity index (χ2n) is 7.11. The van der Waals surface area contributed by atoms with Gasteiger partial charge in [-0.1, -0.05) is 11.6 Å². The van der Waals surface area contributed by atoms with Crippen molar-refractivity contribution in [3.05, 3.63) is 34.9 Å². The first-order valence-corrected chi connectivity index (χ1v) is 8.25. The maximum atomic E-state index is 12.8. The molecule has 2 fully saturated rings. The fourth-order valence-electron chi connectivity index (χ4n) is 3.77. The summed E-state index contributed by atoms with van der Waals surface area (Å²) in [4.78, 5) is 19.7. The average molecular weight is 322 g/mol. The molecule has 0 saturated carbocycles. The minimum atomic E-state index is 0.0201. The van der Waals surface area contributed by atoms with Gasteiger partial charge in [-0.05, 0) is 45.2 Å². The number of carbonyl (C=O) groups is 1. The smallest absolute Gasteiger partial charge is 0.253 e. The summed E-state index contributed by atoms with van der Waals surface area (Å²) in [5.74, 6) is 0.109. The Labute approximate surface area is 137 Å². The van der Waals surface area contributed by atoms with Crippen LogP contribution in [-0.4, -0.2) is 72.0 Å². The molecule has 0 aromatic heterocycles. The van der Waals surface area contributed by atoms with Crippen molar-refractivity contribution in [1.82, 2.24) is 14.7 Å². The molecule has 5 heteroatoms.